The second-order valence-electron chi connectivity index (χ2n) is 7.12. The summed E-state index contributed by atoms with van der Waals surface area (Å²) < 4.78 is 0. The molecule has 0 radical (unpaired) electrons. The van der Waals surface area contributed by atoms with E-state index in [-0.39, 0.29) is 0 Å². The van der Waals surface area contributed by atoms with Crippen LogP contribution in [0.5, 0.6) is 0 Å². The van der Waals surface area contributed by atoms with Gasteiger partial charge in [0.1, 0.15) is 0 Å². The Bertz CT molecular complexity index is 387. The van der Waals surface area contributed by atoms with E-state index in [4.69, 9.17) is 0 Å². The average Bonchev–Trinajstić information content (AvgIpc) is 2.84. The second-order valence-corrected chi connectivity index (χ2v) is 7.12. The van der Waals surface area contributed by atoms with E-state index in [0.717, 1.165) is 23.7 Å². The summed E-state index contributed by atoms with van der Waals surface area (Å²) in [5.74, 6) is 4.03. The van der Waals surface area contributed by atoms with Gasteiger partial charge in [-0.3, -0.25) is 0 Å². The zero-order chi connectivity index (χ0) is 11.9. The fourth-order valence-electron chi connectivity index (χ4n) is 5.50. The number of hydrogen-bond donors (Lipinski definition) is 0. The van der Waals surface area contributed by atoms with E-state index in [1.165, 1.54) is 57.8 Å². The molecule has 98 valence electrons. The first-order chi connectivity index (χ1) is 8.93. The first-order valence-electron chi connectivity index (χ1n) is 8.33. The van der Waals surface area contributed by atoms with Gasteiger partial charge in [0.25, 0.3) is 0 Å². The maximum absolute atomic E-state index is 2.52. The van der Waals surface area contributed by atoms with Crippen LogP contribution in [0.4, 0.5) is 0 Å². The van der Waals surface area contributed by atoms with Crippen LogP contribution in [0.25, 0.3) is 0 Å². The molecule has 0 spiro atoms. The summed E-state index contributed by atoms with van der Waals surface area (Å²) in [5.41, 5.74) is 3.73. The molecule has 4 rings (SSSR count). The van der Waals surface area contributed by atoms with Gasteiger partial charge in [0.15, 0.2) is 0 Å². The van der Waals surface area contributed by atoms with Crippen molar-refractivity contribution in [2.45, 2.75) is 64.2 Å². The SMILES string of the molecule is C1=CC2=C(C1)C1CCCCC1CC1CCCCC21. The third kappa shape index (κ3) is 1.72. The molecule has 0 aromatic heterocycles. The van der Waals surface area contributed by atoms with Crippen molar-refractivity contribution in [2.24, 2.45) is 23.7 Å². The molecule has 4 atom stereocenters. The standard InChI is InChI=1S/C18H26/c1-3-8-15-13(6-1)12-14-7-2-4-9-16(14)18-11-5-10-17(15)18/h5,10,13-16H,1-4,6-9,11-12H2. The van der Waals surface area contributed by atoms with Crippen LogP contribution in [0.1, 0.15) is 64.2 Å². The Morgan fingerprint density at radius 1 is 0.778 bits per heavy atom. The lowest BCUT2D eigenvalue weighted by Crippen LogP contribution is -2.24. The van der Waals surface area contributed by atoms with E-state index in [2.05, 4.69) is 12.2 Å². The molecule has 4 unspecified atom stereocenters. The van der Waals surface area contributed by atoms with Crippen molar-refractivity contribution in [3.63, 3.8) is 0 Å². The molecular weight excluding hydrogens is 216 g/mol. The van der Waals surface area contributed by atoms with Crippen LogP contribution in [0.15, 0.2) is 23.3 Å². The Hall–Kier alpha value is -0.520. The minimum Gasteiger partial charge on any atom is -0.0802 e. The van der Waals surface area contributed by atoms with E-state index >= 15 is 0 Å². The molecule has 0 aromatic rings. The van der Waals surface area contributed by atoms with Gasteiger partial charge in [0.05, 0.1) is 0 Å². The predicted molar refractivity (Wildman–Crippen MR) is 76.3 cm³/mol. The Morgan fingerprint density at radius 3 is 2.28 bits per heavy atom. The van der Waals surface area contributed by atoms with Crippen LogP contribution >= 0.6 is 0 Å². The normalized spacial score (nSPS) is 43.1. The zero-order valence-corrected chi connectivity index (χ0v) is 11.5. The highest BCUT2D eigenvalue weighted by atomic mass is 14.4. The third-order valence-corrected chi connectivity index (χ3v) is 6.28. The van der Waals surface area contributed by atoms with Crippen molar-refractivity contribution < 1.29 is 0 Å². The second kappa shape index (κ2) is 4.54. The van der Waals surface area contributed by atoms with Crippen molar-refractivity contribution >= 4 is 0 Å². The van der Waals surface area contributed by atoms with Crippen LogP contribution in [0.3, 0.4) is 0 Å². The maximum Gasteiger partial charge on any atom is -0.0127 e. The van der Waals surface area contributed by atoms with Crippen molar-refractivity contribution in [3.05, 3.63) is 23.3 Å². The van der Waals surface area contributed by atoms with Crippen LogP contribution in [-0.4, -0.2) is 0 Å². The molecule has 0 N–H and O–H groups in total. The fraction of sp³-hybridized carbons (Fsp3) is 0.778. The minimum absolute atomic E-state index is 0.957. The van der Waals surface area contributed by atoms with E-state index in [1.807, 2.05) is 11.1 Å². The van der Waals surface area contributed by atoms with Crippen molar-refractivity contribution in [3.8, 4) is 0 Å². The molecule has 0 nitrogen and oxygen atoms in total. The van der Waals surface area contributed by atoms with E-state index in [9.17, 15) is 0 Å². The Balaban J connectivity index is 1.73. The van der Waals surface area contributed by atoms with Gasteiger partial charge in [-0.1, -0.05) is 43.4 Å². The molecule has 0 heteroatoms. The lowest BCUT2D eigenvalue weighted by molar-refractivity contribution is 0.185. The number of hydrogen-bond acceptors (Lipinski definition) is 0. The summed E-state index contributed by atoms with van der Waals surface area (Å²) in [4.78, 5) is 0. The van der Waals surface area contributed by atoms with Gasteiger partial charge in [-0.25, -0.2) is 0 Å². The first kappa shape index (κ1) is 11.3. The lowest BCUT2D eigenvalue weighted by Gasteiger charge is -2.35. The van der Waals surface area contributed by atoms with Gasteiger partial charge in [0, 0.05) is 0 Å². The van der Waals surface area contributed by atoms with Crippen molar-refractivity contribution in [2.75, 3.05) is 0 Å². The van der Waals surface area contributed by atoms with E-state index in [1.54, 1.807) is 6.42 Å². The molecule has 0 saturated heterocycles. The maximum atomic E-state index is 2.52. The number of rotatable bonds is 0. The quantitative estimate of drug-likeness (QED) is 0.543. The van der Waals surface area contributed by atoms with Crippen LogP contribution in [-0.2, 0) is 0 Å². The molecule has 18 heavy (non-hydrogen) atoms. The largest absolute Gasteiger partial charge is 0.0802 e. The van der Waals surface area contributed by atoms with Gasteiger partial charge >= 0.3 is 0 Å². The fourth-order valence-corrected chi connectivity index (χ4v) is 5.50. The Kier molecular flexibility index (Phi) is 2.86. The molecule has 0 amide bonds. The smallest absolute Gasteiger partial charge is 0.0127 e. The van der Waals surface area contributed by atoms with Gasteiger partial charge in [0.2, 0.25) is 0 Å². The molecule has 0 bridgehead atoms. The van der Waals surface area contributed by atoms with Crippen molar-refractivity contribution in [1.82, 2.24) is 0 Å². The lowest BCUT2D eigenvalue weighted by atomic mass is 9.70. The highest BCUT2D eigenvalue weighted by Crippen LogP contribution is 2.52. The highest BCUT2D eigenvalue weighted by Gasteiger charge is 2.40. The summed E-state index contributed by atoms with van der Waals surface area (Å²) >= 11 is 0. The predicted octanol–water partition coefficient (Wildman–Crippen LogP) is 5.26. The molecule has 4 aliphatic carbocycles. The zero-order valence-electron chi connectivity index (χ0n) is 11.5. The minimum atomic E-state index is 0.957. The molecular formula is C18H26. The van der Waals surface area contributed by atoms with Crippen LogP contribution in [0.2, 0.25) is 0 Å². The summed E-state index contributed by atoms with van der Waals surface area (Å²) in [6, 6.07) is 0. The summed E-state index contributed by atoms with van der Waals surface area (Å²) in [5, 5.41) is 0. The third-order valence-electron chi connectivity index (χ3n) is 6.28. The number of fused-ring (bicyclic) bond motifs is 4. The van der Waals surface area contributed by atoms with E-state index < -0.39 is 0 Å². The molecule has 2 fully saturated rings. The first-order valence-corrected chi connectivity index (χ1v) is 8.33. The van der Waals surface area contributed by atoms with Crippen LogP contribution < -0.4 is 0 Å². The van der Waals surface area contributed by atoms with Crippen LogP contribution in [0, 0.1) is 23.7 Å². The van der Waals surface area contributed by atoms with Crippen molar-refractivity contribution in [1.29, 1.82) is 0 Å². The molecule has 0 aromatic carbocycles. The van der Waals surface area contributed by atoms with Gasteiger partial charge in [-0.05, 0) is 67.8 Å². The Labute approximate surface area is 112 Å². The molecule has 0 heterocycles. The van der Waals surface area contributed by atoms with E-state index in [0.29, 0.717) is 0 Å². The Morgan fingerprint density at radius 2 is 1.44 bits per heavy atom. The number of allylic oxidation sites excluding steroid dienone is 4. The molecule has 0 aliphatic heterocycles. The highest BCUT2D eigenvalue weighted by molar-refractivity contribution is 5.39. The molecule has 2 saturated carbocycles. The summed E-state index contributed by atoms with van der Waals surface area (Å²) in [7, 11) is 0. The monoisotopic (exact) mass is 242 g/mol. The van der Waals surface area contributed by atoms with Gasteiger partial charge in [-0.2, -0.15) is 0 Å². The summed E-state index contributed by atoms with van der Waals surface area (Å²) in [6.45, 7) is 0. The van der Waals surface area contributed by atoms with Gasteiger partial charge in [-0.15, -0.1) is 0 Å². The average molecular weight is 242 g/mol. The molecule has 4 aliphatic rings. The summed E-state index contributed by atoms with van der Waals surface area (Å²) in [6.07, 6.45) is 19.9. The van der Waals surface area contributed by atoms with Gasteiger partial charge < -0.3 is 0 Å². The topological polar surface area (TPSA) is 0 Å².